The summed E-state index contributed by atoms with van der Waals surface area (Å²) in [6, 6.07) is 10.8. The molecule has 1 N–H and O–H groups in total. The molecule has 0 spiro atoms. The number of rotatable bonds is 1. The topological polar surface area (TPSA) is 12.0 Å². The minimum Gasteiger partial charge on any atom is -0.309 e. The highest BCUT2D eigenvalue weighted by Crippen LogP contribution is 2.27. The largest absolute Gasteiger partial charge is 0.309 e. The summed E-state index contributed by atoms with van der Waals surface area (Å²) in [5.41, 5.74) is 4.43. The first-order chi connectivity index (χ1) is 8.22. The average molecular weight is 248 g/mol. The van der Waals surface area contributed by atoms with Crippen molar-refractivity contribution in [2.24, 2.45) is 0 Å². The Morgan fingerprint density at radius 3 is 2.59 bits per heavy atom. The first-order valence-electron chi connectivity index (χ1n) is 5.51. The lowest BCUT2D eigenvalue weighted by atomic mass is 10.0. The summed E-state index contributed by atoms with van der Waals surface area (Å²) in [5.74, 6) is -0.300. The lowest BCUT2D eigenvalue weighted by molar-refractivity contribution is 0.628. The van der Waals surface area contributed by atoms with Crippen molar-refractivity contribution in [2.75, 3.05) is 0 Å². The summed E-state index contributed by atoms with van der Waals surface area (Å²) in [6.45, 7) is 1.80. The quantitative estimate of drug-likeness (QED) is 0.809. The lowest BCUT2D eigenvalue weighted by Gasteiger charge is -2.05. The van der Waals surface area contributed by atoms with E-state index in [2.05, 4.69) is 17.4 Å². The number of fused-ring (bicyclic) bond motifs is 1. The fraction of sp³-hybridized carbons (Fsp3) is 0.143. The van der Waals surface area contributed by atoms with Crippen molar-refractivity contribution in [1.29, 1.82) is 0 Å². The normalized spacial score (nSPS) is 13.8. The minimum atomic E-state index is -0.300. The van der Waals surface area contributed by atoms with Crippen LogP contribution in [0.15, 0.2) is 36.4 Å². The van der Waals surface area contributed by atoms with Crippen LogP contribution in [-0.2, 0) is 13.1 Å². The number of hydrogen-bond donors (Lipinski definition) is 1. The van der Waals surface area contributed by atoms with Crippen LogP contribution >= 0.6 is 11.6 Å². The molecular formula is C14H11ClFN. The molecule has 3 rings (SSSR count). The molecule has 0 unspecified atom stereocenters. The molecule has 0 amide bonds. The maximum atomic E-state index is 13.3. The fourth-order valence-corrected chi connectivity index (χ4v) is 2.42. The Morgan fingerprint density at radius 2 is 1.76 bits per heavy atom. The fourth-order valence-electron chi connectivity index (χ4n) is 2.19. The van der Waals surface area contributed by atoms with Crippen LogP contribution in [0, 0.1) is 5.82 Å². The van der Waals surface area contributed by atoms with Crippen molar-refractivity contribution in [3.63, 3.8) is 0 Å². The minimum absolute atomic E-state index is 0.300. The van der Waals surface area contributed by atoms with Gasteiger partial charge >= 0.3 is 0 Å². The number of nitrogens with one attached hydrogen (secondary N) is 1. The summed E-state index contributed by atoms with van der Waals surface area (Å²) in [5, 5.41) is 3.72. The summed E-state index contributed by atoms with van der Waals surface area (Å²) >= 11 is 5.86. The van der Waals surface area contributed by atoms with Gasteiger partial charge in [-0.15, -0.1) is 0 Å². The lowest BCUT2D eigenvalue weighted by Crippen LogP contribution is -1.99. The monoisotopic (exact) mass is 247 g/mol. The second-order valence-corrected chi connectivity index (χ2v) is 4.68. The smallest absolute Gasteiger partial charge is 0.125 e. The molecule has 0 atom stereocenters. The molecule has 2 aromatic carbocycles. The van der Waals surface area contributed by atoms with Crippen molar-refractivity contribution in [3.8, 4) is 11.1 Å². The zero-order valence-electron chi connectivity index (χ0n) is 9.13. The first-order valence-corrected chi connectivity index (χ1v) is 5.89. The Morgan fingerprint density at radius 1 is 0.941 bits per heavy atom. The third-order valence-electron chi connectivity index (χ3n) is 3.03. The Balaban J connectivity index is 2.09. The van der Waals surface area contributed by atoms with Crippen molar-refractivity contribution in [1.82, 2.24) is 5.32 Å². The predicted octanol–water partition coefficient (Wildman–Crippen LogP) is 3.75. The molecule has 0 aliphatic carbocycles. The molecule has 17 heavy (non-hydrogen) atoms. The molecular weight excluding hydrogens is 237 g/mol. The molecule has 0 saturated carbocycles. The zero-order valence-corrected chi connectivity index (χ0v) is 9.89. The highest BCUT2D eigenvalue weighted by molar-refractivity contribution is 6.30. The van der Waals surface area contributed by atoms with E-state index in [1.807, 2.05) is 6.07 Å². The standard InChI is InChI=1S/C14H11ClFN/c15-13-4-11(5-14(16)6-13)9-1-2-10-7-17-8-12(10)3-9/h1-6,17H,7-8H2. The summed E-state index contributed by atoms with van der Waals surface area (Å²) in [6.07, 6.45) is 0. The van der Waals surface area contributed by atoms with Crippen LogP contribution in [0.25, 0.3) is 11.1 Å². The van der Waals surface area contributed by atoms with Crippen molar-refractivity contribution >= 4 is 11.6 Å². The van der Waals surface area contributed by atoms with Gasteiger partial charge in [0.2, 0.25) is 0 Å². The van der Waals surface area contributed by atoms with Crippen LogP contribution in [0.2, 0.25) is 5.02 Å². The van der Waals surface area contributed by atoms with Crippen molar-refractivity contribution in [3.05, 3.63) is 58.4 Å². The van der Waals surface area contributed by atoms with E-state index in [-0.39, 0.29) is 5.82 Å². The van der Waals surface area contributed by atoms with Gasteiger partial charge in [0, 0.05) is 18.1 Å². The first kappa shape index (κ1) is 10.8. The molecule has 1 heterocycles. The molecule has 0 saturated heterocycles. The van der Waals surface area contributed by atoms with E-state index in [1.54, 1.807) is 6.07 Å². The second-order valence-electron chi connectivity index (χ2n) is 4.25. The van der Waals surface area contributed by atoms with Gasteiger partial charge in [-0.05, 0) is 46.5 Å². The maximum absolute atomic E-state index is 13.3. The third-order valence-corrected chi connectivity index (χ3v) is 3.25. The molecule has 3 heteroatoms. The van der Waals surface area contributed by atoms with Crippen LogP contribution in [0.3, 0.4) is 0 Å². The Labute approximate surface area is 104 Å². The Hall–Kier alpha value is -1.38. The van der Waals surface area contributed by atoms with Gasteiger partial charge < -0.3 is 5.32 Å². The highest BCUT2D eigenvalue weighted by atomic mass is 35.5. The average Bonchev–Trinajstić information content (AvgIpc) is 2.74. The van der Waals surface area contributed by atoms with Gasteiger partial charge in [0.1, 0.15) is 5.82 Å². The van der Waals surface area contributed by atoms with E-state index in [0.29, 0.717) is 5.02 Å². The van der Waals surface area contributed by atoms with Gasteiger partial charge in [-0.1, -0.05) is 23.7 Å². The van der Waals surface area contributed by atoms with Gasteiger partial charge in [-0.2, -0.15) is 0 Å². The summed E-state index contributed by atoms with van der Waals surface area (Å²) in [4.78, 5) is 0. The van der Waals surface area contributed by atoms with Crippen LogP contribution in [0.4, 0.5) is 4.39 Å². The molecule has 1 aliphatic heterocycles. The van der Waals surface area contributed by atoms with E-state index in [0.717, 1.165) is 24.2 Å². The number of benzene rings is 2. The van der Waals surface area contributed by atoms with Crippen LogP contribution < -0.4 is 5.32 Å². The van der Waals surface area contributed by atoms with Gasteiger partial charge in [0.05, 0.1) is 0 Å². The number of hydrogen-bond acceptors (Lipinski definition) is 1. The van der Waals surface area contributed by atoms with Crippen molar-refractivity contribution < 1.29 is 4.39 Å². The van der Waals surface area contributed by atoms with E-state index < -0.39 is 0 Å². The Bertz CT molecular complexity index is 560. The Kier molecular flexibility index (Phi) is 2.61. The third kappa shape index (κ3) is 2.06. The van der Waals surface area contributed by atoms with Gasteiger partial charge in [-0.3, -0.25) is 0 Å². The molecule has 0 bridgehead atoms. The maximum Gasteiger partial charge on any atom is 0.125 e. The molecule has 86 valence electrons. The van der Waals surface area contributed by atoms with Crippen LogP contribution in [-0.4, -0.2) is 0 Å². The molecule has 0 radical (unpaired) electrons. The zero-order chi connectivity index (χ0) is 11.8. The summed E-state index contributed by atoms with van der Waals surface area (Å²) in [7, 11) is 0. The van der Waals surface area contributed by atoms with Gasteiger partial charge in [0.25, 0.3) is 0 Å². The van der Waals surface area contributed by atoms with Crippen molar-refractivity contribution in [2.45, 2.75) is 13.1 Å². The van der Waals surface area contributed by atoms with Crippen LogP contribution in [0.5, 0.6) is 0 Å². The summed E-state index contributed by atoms with van der Waals surface area (Å²) < 4.78 is 13.3. The second kappa shape index (κ2) is 4.13. The number of halogens is 2. The molecule has 2 aromatic rings. The molecule has 1 nitrogen and oxygen atoms in total. The van der Waals surface area contributed by atoms with Gasteiger partial charge in [-0.25, -0.2) is 4.39 Å². The van der Waals surface area contributed by atoms with E-state index in [1.165, 1.54) is 23.3 Å². The molecule has 1 aliphatic rings. The molecule has 0 fully saturated rings. The van der Waals surface area contributed by atoms with E-state index in [4.69, 9.17) is 11.6 Å². The van der Waals surface area contributed by atoms with Gasteiger partial charge in [0.15, 0.2) is 0 Å². The SMILES string of the molecule is Fc1cc(Cl)cc(-c2ccc3c(c2)CNC3)c1. The van der Waals surface area contributed by atoms with E-state index >= 15 is 0 Å². The molecule has 0 aromatic heterocycles. The predicted molar refractivity (Wildman–Crippen MR) is 67.4 cm³/mol. The highest BCUT2D eigenvalue weighted by Gasteiger charge is 2.11. The van der Waals surface area contributed by atoms with Crippen LogP contribution in [0.1, 0.15) is 11.1 Å². The van der Waals surface area contributed by atoms with E-state index in [9.17, 15) is 4.39 Å².